The third kappa shape index (κ3) is 7.40. The van der Waals surface area contributed by atoms with Crippen LogP contribution in [-0.4, -0.2) is 43.0 Å². The molecule has 0 aliphatic heterocycles. The summed E-state index contributed by atoms with van der Waals surface area (Å²) in [6, 6.07) is 12.7. The van der Waals surface area contributed by atoms with Crippen molar-refractivity contribution in [3.63, 3.8) is 0 Å². The van der Waals surface area contributed by atoms with E-state index in [4.69, 9.17) is 4.74 Å². The molecule has 156 valence electrons. The van der Waals surface area contributed by atoms with Gasteiger partial charge in [-0.05, 0) is 55.8 Å². The van der Waals surface area contributed by atoms with Crippen LogP contribution in [0.3, 0.4) is 0 Å². The Labute approximate surface area is 168 Å². The highest BCUT2D eigenvalue weighted by molar-refractivity contribution is 5.96. The second-order valence-electron chi connectivity index (χ2n) is 6.65. The van der Waals surface area contributed by atoms with Crippen LogP contribution >= 0.6 is 0 Å². The van der Waals surface area contributed by atoms with Crippen LogP contribution in [0.1, 0.15) is 29.8 Å². The molecular formula is C21H24F2N2O4. The lowest BCUT2D eigenvalue weighted by atomic mass is 10.2. The summed E-state index contributed by atoms with van der Waals surface area (Å²) >= 11 is 0. The number of rotatable bonds is 9. The monoisotopic (exact) mass is 406 g/mol. The van der Waals surface area contributed by atoms with Gasteiger partial charge in [-0.1, -0.05) is 12.1 Å². The molecule has 0 fully saturated rings. The first-order chi connectivity index (χ1) is 13.7. The van der Waals surface area contributed by atoms with Crippen LogP contribution in [-0.2, 0) is 11.3 Å². The number of alkyl halides is 2. The fraction of sp³-hybridized carbons (Fsp3) is 0.333. The predicted octanol–water partition coefficient (Wildman–Crippen LogP) is 3.46. The van der Waals surface area contributed by atoms with E-state index in [-0.39, 0.29) is 36.8 Å². The second kappa shape index (κ2) is 10.4. The minimum Gasteiger partial charge on any atom is -0.491 e. The first-order valence-electron chi connectivity index (χ1n) is 9.07. The summed E-state index contributed by atoms with van der Waals surface area (Å²) in [7, 11) is 1.59. The van der Waals surface area contributed by atoms with Gasteiger partial charge in [-0.15, -0.1) is 0 Å². The number of hydrogen-bond donors (Lipinski definition) is 1. The molecule has 2 amide bonds. The van der Waals surface area contributed by atoms with Crippen molar-refractivity contribution in [3.8, 4) is 11.5 Å². The van der Waals surface area contributed by atoms with Gasteiger partial charge in [-0.3, -0.25) is 9.59 Å². The molecule has 0 saturated heterocycles. The minimum atomic E-state index is -2.88. The van der Waals surface area contributed by atoms with E-state index in [9.17, 15) is 18.4 Å². The van der Waals surface area contributed by atoms with E-state index >= 15 is 0 Å². The Morgan fingerprint density at radius 3 is 2.07 bits per heavy atom. The van der Waals surface area contributed by atoms with E-state index in [0.29, 0.717) is 11.3 Å². The van der Waals surface area contributed by atoms with Crippen molar-refractivity contribution in [1.82, 2.24) is 10.2 Å². The third-order valence-corrected chi connectivity index (χ3v) is 3.88. The molecule has 8 heteroatoms. The Morgan fingerprint density at radius 2 is 1.52 bits per heavy atom. The number of likely N-dealkylation sites (N-methyl/N-ethyl adjacent to an activating group) is 1. The molecule has 0 saturated carbocycles. The summed E-state index contributed by atoms with van der Waals surface area (Å²) in [6.07, 6.45) is 0.0378. The SMILES string of the molecule is CC(C)Oc1ccc(C(=O)NCC(=O)N(C)Cc2ccc(OC(F)F)cc2)cc1. The summed E-state index contributed by atoms with van der Waals surface area (Å²) < 4.78 is 34.1. The van der Waals surface area contributed by atoms with Gasteiger partial charge >= 0.3 is 6.61 Å². The maximum absolute atomic E-state index is 12.2. The van der Waals surface area contributed by atoms with Gasteiger partial charge in [-0.25, -0.2) is 0 Å². The lowest BCUT2D eigenvalue weighted by Gasteiger charge is -2.18. The van der Waals surface area contributed by atoms with E-state index in [1.807, 2.05) is 13.8 Å². The number of nitrogens with zero attached hydrogens (tertiary/aromatic N) is 1. The van der Waals surface area contributed by atoms with Gasteiger partial charge in [0.15, 0.2) is 0 Å². The molecule has 0 unspecified atom stereocenters. The van der Waals surface area contributed by atoms with Gasteiger partial charge < -0.3 is 19.7 Å². The quantitative estimate of drug-likeness (QED) is 0.693. The fourth-order valence-corrected chi connectivity index (χ4v) is 2.49. The Balaban J connectivity index is 1.82. The highest BCUT2D eigenvalue weighted by atomic mass is 19.3. The van der Waals surface area contributed by atoms with Crippen molar-refractivity contribution < 1.29 is 27.8 Å². The molecule has 2 rings (SSSR count). The molecule has 29 heavy (non-hydrogen) atoms. The zero-order valence-electron chi connectivity index (χ0n) is 16.5. The lowest BCUT2D eigenvalue weighted by Crippen LogP contribution is -2.37. The molecule has 6 nitrogen and oxygen atoms in total. The minimum absolute atomic E-state index is 0.0378. The van der Waals surface area contributed by atoms with E-state index in [0.717, 1.165) is 5.56 Å². The van der Waals surface area contributed by atoms with E-state index < -0.39 is 6.61 Å². The number of carbonyl (C=O) groups is 2. The molecule has 0 aromatic heterocycles. The van der Waals surface area contributed by atoms with Gasteiger partial charge in [0.1, 0.15) is 11.5 Å². The lowest BCUT2D eigenvalue weighted by molar-refractivity contribution is -0.129. The number of benzene rings is 2. The van der Waals surface area contributed by atoms with Gasteiger partial charge in [0, 0.05) is 19.2 Å². The first-order valence-corrected chi connectivity index (χ1v) is 9.07. The molecule has 0 aliphatic carbocycles. The Kier molecular flexibility index (Phi) is 7.94. The molecule has 0 heterocycles. The van der Waals surface area contributed by atoms with Crippen molar-refractivity contribution in [3.05, 3.63) is 59.7 Å². The van der Waals surface area contributed by atoms with Crippen LogP contribution in [0.2, 0.25) is 0 Å². The molecule has 0 radical (unpaired) electrons. The molecule has 0 bridgehead atoms. The van der Waals surface area contributed by atoms with Gasteiger partial charge in [0.05, 0.1) is 12.6 Å². The average molecular weight is 406 g/mol. The van der Waals surface area contributed by atoms with E-state index in [1.165, 1.54) is 17.0 Å². The summed E-state index contributed by atoms with van der Waals surface area (Å²) in [5, 5.41) is 2.58. The summed E-state index contributed by atoms with van der Waals surface area (Å²) in [4.78, 5) is 25.9. The number of ether oxygens (including phenoxy) is 2. The maximum atomic E-state index is 12.2. The Hall–Kier alpha value is -3.16. The summed E-state index contributed by atoms with van der Waals surface area (Å²) in [5.41, 5.74) is 1.17. The number of halogens is 2. The smallest absolute Gasteiger partial charge is 0.387 e. The summed E-state index contributed by atoms with van der Waals surface area (Å²) in [6.45, 7) is 1.05. The molecule has 2 aromatic rings. The van der Waals surface area contributed by atoms with Gasteiger partial charge in [0.25, 0.3) is 5.91 Å². The van der Waals surface area contributed by atoms with Crippen molar-refractivity contribution in [2.75, 3.05) is 13.6 Å². The predicted molar refractivity (Wildman–Crippen MR) is 104 cm³/mol. The van der Waals surface area contributed by atoms with Crippen LogP contribution in [0.15, 0.2) is 48.5 Å². The Bertz CT molecular complexity index is 808. The normalized spacial score (nSPS) is 10.7. The number of hydrogen-bond acceptors (Lipinski definition) is 4. The first kappa shape index (κ1) is 22.1. The molecule has 2 aromatic carbocycles. The molecule has 1 N–H and O–H groups in total. The van der Waals surface area contributed by atoms with Crippen LogP contribution < -0.4 is 14.8 Å². The van der Waals surface area contributed by atoms with Crippen molar-refractivity contribution in [2.24, 2.45) is 0 Å². The average Bonchev–Trinajstić information content (AvgIpc) is 2.67. The largest absolute Gasteiger partial charge is 0.491 e. The van der Waals surface area contributed by atoms with Crippen LogP contribution in [0, 0.1) is 0 Å². The van der Waals surface area contributed by atoms with E-state index in [1.54, 1.807) is 43.4 Å². The highest BCUT2D eigenvalue weighted by Gasteiger charge is 2.13. The molecule has 0 aliphatic rings. The Morgan fingerprint density at radius 1 is 0.966 bits per heavy atom. The van der Waals surface area contributed by atoms with Crippen molar-refractivity contribution in [1.29, 1.82) is 0 Å². The second-order valence-corrected chi connectivity index (χ2v) is 6.65. The molecule has 0 atom stereocenters. The summed E-state index contributed by atoms with van der Waals surface area (Å²) in [5.74, 6) is 0.0644. The topological polar surface area (TPSA) is 67.9 Å². The fourth-order valence-electron chi connectivity index (χ4n) is 2.49. The zero-order valence-corrected chi connectivity index (χ0v) is 16.5. The zero-order chi connectivity index (χ0) is 21.4. The van der Waals surface area contributed by atoms with Crippen LogP contribution in [0.25, 0.3) is 0 Å². The van der Waals surface area contributed by atoms with Crippen LogP contribution in [0.4, 0.5) is 8.78 Å². The van der Waals surface area contributed by atoms with E-state index in [2.05, 4.69) is 10.1 Å². The molecular weight excluding hydrogens is 382 g/mol. The van der Waals surface area contributed by atoms with Crippen molar-refractivity contribution in [2.45, 2.75) is 33.1 Å². The number of carbonyl (C=O) groups excluding carboxylic acids is 2. The maximum Gasteiger partial charge on any atom is 0.387 e. The third-order valence-electron chi connectivity index (χ3n) is 3.88. The standard InChI is InChI=1S/C21H24F2N2O4/c1-14(2)28-17-10-6-16(7-11-17)20(27)24-12-19(26)25(3)13-15-4-8-18(9-5-15)29-21(22)23/h4-11,14,21H,12-13H2,1-3H3,(H,24,27). The van der Waals surface area contributed by atoms with Gasteiger partial charge in [0.2, 0.25) is 5.91 Å². The van der Waals surface area contributed by atoms with Gasteiger partial charge in [-0.2, -0.15) is 8.78 Å². The van der Waals surface area contributed by atoms with Crippen molar-refractivity contribution >= 4 is 11.8 Å². The highest BCUT2D eigenvalue weighted by Crippen LogP contribution is 2.16. The number of amides is 2. The molecule has 0 spiro atoms. The number of nitrogens with one attached hydrogen (secondary N) is 1. The van der Waals surface area contributed by atoms with Crippen LogP contribution in [0.5, 0.6) is 11.5 Å².